The first-order valence-corrected chi connectivity index (χ1v) is 8.21. The van der Waals surface area contributed by atoms with Crippen LogP contribution in [0.5, 0.6) is 0 Å². The van der Waals surface area contributed by atoms with Crippen molar-refractivity contribution in [3.63, 3.8) is 0 Å². The number of anilines is 2. The standard InChI is InChI=1S/C17H21N5O5/c1-10(2)18-17(24)12-5-6-13(14(8-12)22(25)26)21(4)9-16(23)19-15-7-11(3)27-20-15/h5-8,10H,9H2,1-4H3,(H,18,24)(H,19,20,23). The molecule has 0 atom stereocenters. The number of aromatic nitrogens is 1. The number of nitro benzene ring substituents is 1. The molecule has 1 heterocycles. The fraction of sp³-hybridized carbons (Fsp3) is 0.353. The maximum Gasteiger partial charge on any atom is 0.293 e. The van der Waals surface area contributed by atoms with Crippen LogP contribution in [0.15, 0.2) is 28.8 Å². The van der Waals surface area contributed by atoms with Gasteiger partial charge in [-0.05, 0) is 32.9 Å². The van der Waals surface area contributed by atoms with E-state index in [1.807, 2.05) is 0 Å². The summed E-state index contributed by atoms with van der Waals surface area (Å²) in [4.78, 5) is 36.4. The van der Waals surface area contributed by atoms with Crippen LogP contribution in [0, 0.1) is 17.0 Å². The van der Waals surface area contributed by atoms with E-state index in [0.29, 0.717) is 5.76 Å². The van der Waals surface area contributed by atoms with E-state index in [1.54, 1.807) is 33.9 Å². The lowest BCUT2D eigenvalue weighted by molar-refractivity contribution is -0.384. The molecular weight excluding hydrogens is 354 g/mol. The van der Waals surface area contributed by atoms with Crippen LogP contribution in [0.3, 0.4) is 0 Å². The lowest BCUT2D eigenvalue weighted by Crippen LogP contribution is -2.31. The molecular formula is C17H21N5O5. The molecule has 0 radical (unpaired) electrons. The van der Waals surface area contributed by atoms with Crippen molar-refractivity contribution in [1.82, 2.24) is 10.5 Å². The second kappa shape index (κ2) is 8.30. The van der Waals surface area contributed by atoms with Gasteiger partial charge >= 0.3 is 0 Å². The van der Waals surface area contributed by atoms with Crippen LogP contribution < -0.4 is 15.5 Å². The minimum atomic E-state index is -0.586. The summed E-state index contributed by atoms with van der Waals surface area (Å²) in [6.45, 7) is 5.13. The van der Waals surface area contributed by atoms with Crippen LogP contribution >= 0.6 is 0 Å². The Kier molecular flexibility index (Phi) is 6.11. The summed E-state index contributed by atoms with van der Waals surface area (Å²) in [5, 5.41) is 20.3. The molecule has 0 bridgehead atoms. The third-order valence-corrected chi connectivity index (χ3v) is 3.54. The number of aryl methyl sites for hydroxylation is 1. The zero-order valence-corrected chi connectivity index (χ0v) is 15.5. The molecule has 144 valence electrons. The fourth-order valence-corrected chi connectivity index (χ4v) is 2.39. The van der Waals surface area contributed by atoms with Crippen molar-refractivity contribution >= 4 is 29.0 Å². The summed E-state index contributed by atoms with van der Waals surface area (Å²) in [5.41, 5.74) is 0.127. The van der Waals surface area contributed by atoms with E-state index in [4.69, 9.17) is 4.52 Å². The van der Waals surface area contributed by atoms with Crippen molar-refractivity contribution in [3.05, 3.63) is 45.7 Å². The van der Waals surface area contributed by atoms with Crippen molar-refractivity contribution in [2.24, 2.45) is 0 Å². The number of carbonyl (C=O) groups excluding carboxylic acids is 2. The lowest BCUT2D eigenvalue weighted by atomic mass is 10.1. The molecule has 0 unspecified atom stereocenters. The van der Waals surface area contributed by atoms with Crippen molar-refractivity contribution in [1.29, 1.82) is 0 Å². The number of nitro groups is 1. The summed E-state index contributed by atoms with van der Waals surface area (Å²) < 4.78 is 4.86. The van der Waals surface area contributed by atoms with Gasteiger partial charge in [-0.15, -0.1) is 0 Å². The second-order valence-electron chi connectivity index (χ2n) is 6.32. The second-order valence-corrected chi connectivity index (χ2v) is 6.32. The highest BCUT2D eigenvalue weighted by Gasteiger charge is 2.22. The molecule has 0 aliphatic carbocycles. The smallest absolute Gasteiger partial charge is 0.293 e. The molecule has 0 aliphatic rings. The van der Waals surface area contributed by atoms with Gasteiger partial charge in [0.25, 0.3) is 11.6 Å². The Balaban J connectivity index is 2.16. The maximum atomic E-state index is 12.1. The van der Waals surface area contributed by atoms with Gasteiger partial charge in [-0.1, -0.05) is 5.16 Å². The zero-order valence-electron chi connectivity index (χ0n) is 15.5. The Morgan fingerprint density at radius 1 is 1.33 bits per heavy atom. The molecule has 0 aliphatic heterocycles. The molecule has 2 aromatic rings. The SMILES string of the molecule is Cc1cc(NC(=O)CN(C)c2ccc(C(=O)NC(C)C)cc2[N+](=O)[O-])no1. The first kappa shape index (κ1) is 19.9. The number of rotatable bonds is 7. The largest absolute Gasteiger partial charge is 0.360 e. The first-order chi connectivity index (χ1) is 12.7. The highest BCUT2D eigenvalue weighted by atomic mass is 16.6. The molecule has 1 aromatic heterocycles. The molecule has 2 N–H and O–H groups in total. The van der Waals surface area contributed by atoms with Crippen LogP contribution in [-0.4, -0.2) is 41.5 Å². The van der Waals surface area contributed by atoms with E-state index in [9.17, 15) is 19.7 Å². The first-order valence-electron chi connectivity index (χ1n) is 8.21. The van der Waals surface area contributed by atoms with Gasteiger partial charge in [0, 0.05) is 30.8 Å². The van der Waals surface area contributed by atoms with Gasteiger partial charge in [-0.25, -0.2) is 0 Å². The quantitative estimate of drug-likeness (QED) is 0.560. The van der Waals surface area contributed by atoms with Gasteiger partial charge in [0.15, 0.2) is 5.82 Å². The number of hydrogen-bond donors (Lipinski definition) is 2. The number of amides is 2. The molecule has 0 fully saturated rings. The predicted molar refractivity (Wildman–Crippen MR) is 98.8 cm³/mol. The van der Waals surface area contributed by atoms with Crippen LogP contribution in [0.25, 0.3) is 0 Å². The van der Waals surface area contributed by atoms with Crippen LogP contribution in [-0.2, 0) is 4.79 Å². The van der Waals surface area contributed by atoms with E-state index < -0.39 is 16.7 Å². The van der Waals surface area contributed by atoms with Crippen LogP contribution in [0.2, 0.25) is 0 Å². The van der Waals surface area contributed by atoms with E-state index in [2.05, 4.69) is 15.8 Å². The third kappa shape index (κ3) is 5.27. The molecule has 10 heteroatoms. The Labute approximate surface area is 155 Å². The number of nitrogens with one attached hydrogen (secondary N) is 2. The Morgan fingerprint density at radius 3 is 2.59 bits per heavy atom. The number of benzene rings is 1. The van der Waals surface area contributed by atoms with Gasteiger partial charge in [0.2, 0.25) is 5.91 Å². The minimum absolute atomic E-state index is 0.0947. The highest BCUT2D eigenvalue weighted by Crippen LogP contribution is 2.28. The topological polar surface area (TPSA) is 131 Å². The molecule has 10 nitrogen and oxygen atoms in total. The highest BCUT2D eigenvalue weighted by molar-refractivity contribution is 5.97. The molecule has 2 rings (SSSR count). The van der Waals surface area contributed by atoms with Crippen molar-refractivity contribution in [3.8, 4) is 0 Å². The van der Waals surface area contributed by atoms with E-state index in [1.165, 1.54) is 23.1 Å². The van der Waals surface area contributed by atoms with Gasteiger partial charge in [0.05, 0.1) is 11.5 Å². The summed E-state index contributed by atoms with van der Waals surface area (Å²) in [6.07, 6.45) is 0. The average molecular weight is 375 g/mol. The van der Waals surface area contributed by atoms with Crippen molar-refractivity contribution in [2.45, 2.75) is 26.8 Å². The van der Waals surface area contributed by atoms with Crippen molar-refractivity contribution in [2.75, 3.05) is 23.8 Å². The van der Waals surface area contributed by atoms with Crippen LogP contribution in [0.1, 0.15) is 30.0 Å². The zero-order chi connectivity index (χ0) is 20.1. The minimum Gasteiger partial charge on any atom is -0.360 e. The molecule has 2 amide bonds. The monoisotopic (exact) mass is 375 g/mol. The Morgan fingerprint density at radius 2 is 2.04 bits per heavy atom. The maximum absolute atomic E-state index is 12.1. The Bertz CT molecular complexity index is 861. The van der Waals surface area contributed by atoms with Gasteiger partial charge in [-0.3, -0.25) is 19.7 Å². The molecule has 0 saturated heterocycles. The van der Waals surface area contributed by atoms with E-state index in [0.717, 1.165) is 0 Å². The number of likely N-dealkylation sites (N-methyl/N-ethyl adjacent to an activating group) is 1. The normalized spacial score (nSPS) is 10.6. The fourth-order valence-electron chi connectivity index (χ4n) is 2.39. The summed E-state index contributed by atoms with van der Waals surface area (Å²) >= 11 is 0. The molecule has 27 heavy (non-hydrogen) atoms. The summed E-state index contributed by atoms with van der Waals surface area (Å²) in [7, 11) is 1.55. The summed E-state index contributed by atoms with van der Waals surface area (Å²) in [5.74, 6) is -0.00571. The van der Waals surface area contributed by atoms with Gasteiger partial charge in [-0.2, -0.15) is 0 Å². The third-order valence-electron chi connectivity index (χ3n) is 3.54. The predicted octanol–water partition coefficient (Wildman–Crippen LogP) is 2.10. The number of hydrogen-bond acceptors (Lipinski definition) is 7. The summed E-state index contributed by atoms with van der Waals surface area (Å²) in [6, 6.07) is 5.59. The lowest BCUT2D eigenvalue weighted by Gasteiger charge is -2.19. The average Bonchev–Trinajstić information content (AvgIpc) is 2.98. The van der Waals surface area contributed by atoms with E-state index in [-0.39, 0.29) is 35.3 Å². The van der Waals surface area contributed by atoms with E-state index >= 15 is 0 Å². The van der Waals surface area contributed by atoms with Crippen molar-refractivity contribution < 1.29 is 19.0 Å². The number of carbonyl (C=O) groups is 2. The van der Waals surface area contributed by atoms with Gasteiger partial charge < -0.3 is 20.1 Å². The van der Waals surface area contributed by atoms with Gasteiger partial charge in [0.1, 0.15) is 11.4 Å². The Hall–Kier alpha value is -3.43. The number of nitrogens with zero attached hydrogens (tertiary/aromatic N) is 3. The molecule has 0 spiro atoms. The molecule has 1 aromatic carbocycles. The van der Waals surface area contributed by atoms with Crippen LogP contribution in [0.4, 0.5) is 17.2 Å². The molecule has 0 saturated carbocycles.